The first kappa shape index (κ1) is 24.2. The number of rotatable bonds is 2. The van der Waals surface area contributed by atoms with Gasteiger partial charge in [-0.15, -0.1) is 0 Å². The number of carbonyl (C=O) groups is 4. The molecule has 0 bridgehead atoms. The third kappa shape index (κ3) is 3.11. The fraction of sp³-hybridized carbons (Fsp3) is 0.241. The number of anilines is 1. The second-order valence-electron chi connectivity index (χ2n) is 9.90. The average molecular weight is 519 g/mol. The van der Waals surface area contributed by atoms with Crippen molar-refractivity contribution in [2.45, 2.75) is 31.7 Å². The number of halogens is 3. The Morgan fingerprint density at radius 2 is 1.42 bits per heavy atom. The molecule has 0 aromatic heterocycles. The zero-order valence-corrected chi connectivity index (χ0v) is 20.2. The normalized spacial score (nSPS) is 23.9. The number of ether oxygens (including phenoxy) is 1. The second-order valence-corrected chi connectivity index (χ2v) is 9.90. The molecule has 0 radical (unpaired) electrons. The molecule has 2 fully saturated rings. The number of aryl methyl sites for hydroxylation is 2. The van der Waals surface area contributed by atoms with Crippen molar-refractivity contribution in [3.05, 3.63) is 100 Å². The van der Waals surface area contributed by atoms with Crippen molar-refractivity contribution in [1.29, 1.82) is 0 Å². The maximum atomic E-state index is 14.0. The summed E-state index contributed by atoms with van der Waals surface area (Å²) in [5.74, 6) is -6.05. The van der Waals surface area contributed by atoms with E-state index in [1.165, 1.54) is 25.1 Å². The van der Waals surface area contributed by atoms with E-state index >= 15 is 0 Å². The number of fused-ring (bicyclic) bond motifs is 3. The third-order valence-corrected chi connectivity index (χ3v) is 7.70. The van der Waals surface area contributed by atoms with Gasteiger partial charge in [0.25, 0.3) is 0 Å². The molecule has 3 unspecified atom stereocenters. The summed E-state index contributed by atoms with van der Waals surface area (Å²) < 4.78 is 46.8. The number of hydrogen-bond acceptors (Lipinski definition) is 5. The standard InChI is InChI=1S/C29H20F3NO5/c1-14-7-10-16(11-8-14)23-21-22(28(38-23)24(34)18-5-3-4-6-19(18)25(28)35)27(37)33(26(21)36)20-13-17(29(30,31)32)12-9-15(20)2/h3-13,21-23H,1-2H3. The Morgan fingerprint density at radius 1 is 0.816 bits per heavy atom. The summed E-state index contributed by atoms with van der Waals surface area (Å²) in [4.78, 5) is 56.1. The lowest BCUT2D eigenvalue weighted by molar-refractivity contribution is -0.137. The van der Waals surface area contributed by atoms with Crippen LogP contribution >= 0.6 is 0 Å². The van der Waals surface area contributed by atoms with Gasteiger partial charge in [-0.1, -0.05) is 60.2 Å². The molecular formula is C29H20F3NO5. The number of Topliss-reactive ketones (excluding diaryl/α,β-unsaturated/α-hetero) is 2. The lowest BCUT2D eigenvalue weighted by atomic mass is 9.77. The molecule has 3 atom stereocenters. The van der Waals surface area contributed by atoms with Crippen molar-refractivity contribution in [2.75, 3.05) is 4.90 Å². The molecule has 2 aliphatic heterocycles. The van der Waals surface area contributed by atoms with E-state index in [2.05, 4.69) is 0 Å². The van der Waals surface area contributed by atoms with Crippen molar-refractivity contribution in [1.82, 2.24) is 0 Å². The highest BCUT2D eigenvalue weighted by atomic mass is 19.4. The summed E-state index contributed by atoms with van der Waals surface area (Å²) in [6, 6.07) is 15.8. The highest BCUT2D eigenvalue weighted by molar-refractivity contribution is 6.37. The zero-order chi connectivity index (χ0) is 27.1. The molecule has 2 heterocycles. The summed E-state index contributed by atoms with van der Waals surface area (Å²) in [6.45, 7) is 3.34. The van der Waals surface area contributed by atoms with E-state index in [1.807, 2.05) is 6.92 Å². The van der Waals surface area contributed by atoms with Crippen LogP contribution in [0, 0.1) is 25.7 Å². The maximum Gasteiger partial charge on any atom is 0.416 e. The Kier molecular flexibility index (Phi) is 5.07. The van der Waals surface area contributed by atoms with Crippen LogP contribution in [0.1, 0.15) is 49.1 Å². The van der Waals surface area contributed by atoms with Crippen LogP contribution in [0.2, 0.25) is 0 Å². The van der Waals surface area contributed by atoms with E-state index in [-0.39, 0.29) is 22.4 Å². The SMILES string of the molecule is Cc1ccc(C2OC3(C(=O)c4ccccc4C3=O)C3C(=O)N(c4cc(C(F)(F)F)ccc4C)C(=O)C23)cc1. The topological polar surface area (TPSA) is 80.8 Å². The minimum Gasteiger partial charge on any atom is -0.349 e. The molecule has 1 aliphatic carbocycles. The van der Waals surface area contributed by atoms with Crippen molar-refractivity contribution in [3.63, 3.8) is 0 Å². The summed E-state index contributed by atoms with van der Waals surface area (Å²) in [5, 5.41) is 0. The van der Waals surface area contributed by atoms with Crippen LogP contribution in [0.15, 0.2) is 66.7 Å². The van der Waals surface area contributed by atoms with Gasteiger partial charge in [0.05, 0.1) is 29.2 Å². The van der Waals surface area contributed by atoms with Gasteiger partial charge >= 0.3 is 6.18 Å². The number of imide groups is 1. The van der Waals surface area contributed by atoms with Gasteiger partial charge in [-0.2, -0.15) is 13.2 Å². The summed E-state index contributed by atoms with van der Waals surface area (Å²) >= 11 is 0. The minimum absolute atomic E-state index is 0.0785. The van der Waals surface area contributed by atoms with E-state index in [9.17, 15) is 32.3 Å². The van der Waals surface area contributed by atoms with Crippen LogP contribution in [0.25, 0.3) is 0 Å². The van der Waals surface area contributed by atoms with E-state index in [1.54, 1.807) is 36.4 Å². The molecule has 0 saturated carbocycles. The van der Waals surface area contributed by atoms with E-state index in [4.69, 9.17) is 4.74 Å². The Bertz CT molecular complexity index is 1520. The first-order valence-corrected chi connectivity index (χ1v) is 12.0. The first-order chi connectivity index (χ1) is 18.0. The largest absolute Gasteiger partial charge is 0.416 e. The van der Waals surface area contributed by atoms with Crippen LogP contribution in [0.3, 0.4) is 0 Å². The Hall–Kier alpha value is -4.11. The first-order valence-electron chi connectivity index (χ1n) is 12.0. The monoisotopic (exact) mass is 519 g/mol. The number of alkyl halides is 3. The van der Waals surface area contributed by atoms with Gasteiger partial charge < -0.3 is 4.74 Å². The van der Waals surface area contributed by atoms with Crippen LogP contribution in [-0.4, -0.2) is 29.0 Å². The van der Waals surface area contributed by atoms with Gasteiger partial charge in [0.1, 0.15) is 0 Å². The molecule has 3 aliphatic rings. The molecule has 192 valence electrons. The quantitative estimate of drug-likeness (QED) is 0.351. The maximum absolute atomic E-state index is 14.0. The lowest BCUT2D eigenvalue weighted by Crippen LogP contribution is -2.51. The molecular weight excluding hydrogens is 499 g/mol. The Morgan fingerprint density at radius 3 is 2.00 bits per heavy atom. The Balaban J connectivity index is 1.54. The van der Waals surface area contributed by atoms with E-state index in [0.29, 0.717) is 10.5 Å². The molecule has 2 saturated heterocycles. The van der Waals surface area contributed by atoms with Crippen molar-refractivity contribution >= 4 is 29.1 Å². The predicted molar refractivity (Wildman–Crippen MR) is 128 cm³/mol. The molecule has 2 amide bonds. The van der Waals surface area contributed by atoms with E-state index in [0.717, 1.165) is 17.7 Å². The summed E-state index contributed by atoms with van der Waals surface area (Å²) in [5.41, 5.74) is -1.76. The molecule has 0 N–H and O–H groups in total. The number of carbonyl (C=O) groups excluding carboxylic acids is 4. The van der Waals surface area contributed by atoms with Crippen LogP contribution in [0.5, 0.6) is 0 Å². The van der Waals surface area contributed by atoms with Gasteiger partial charge in [-0.05, 0) is 37.1 Å². The molecule has 3 aromatic carbocycles. The number of amides is 2. The van der Waals surface area contributed by atoms with Gasteiger partial charge in [-0.3, -0.25) is 19.2 Å². The lowest BCUT2D eigenvalue weighted by Gasteiger charge is -2.28. The van der Waals surface area contributed by atoms with Gasteiger partial charge in [0.15, 0.2) is 0 Å². The summed E-state index contributed by atoms with van der Waals surface area (Å²) in [7, 11) is 0. The predicted octanol–water partition coefficient (Wildman–Crippen LogP) is 5.02. The van der Waals surface area contributed by atoms with Crippen LogP contribution < -0.4 is 4.90 Å². The molecule has 9 heteroatoms. The smallest absolute Gasteiger partial charge is 0.349 e. The molecule has 3 aromatic rings. The number of ketones is 2. The van der Waals surface area contributed by atoms with Crippen molar-refractivity contribution < 1.29 is 37.1 Å². The van der Waals surface area contributed by atoms with Crippen LogP contribution in [0.4, 0.5) is 18.9 Å². The zero-order valence-electron chi connectivity index (χ0n) is 20.2. The van der Waals surface area contributed by atoms with Gasteiger partial charge in [0.2, 0.25) is 29.0 Å². The highest BCUT2D eigenvalue weighted by Gasteiger charge is 2.74. The van der Waals surface area contributed by atoms with Gasteiger partial charge in [0, 0.05) is 11.1 Å². The second kappa shape index (κ2) is 7.94. The van der Waals surface area contributed by atoms with Crippen LogP contribution in [-0.2, 0) is 20.5 Å². The highest BCUT2D eigenvalue weighted by Crippen LogP contribution is 2.58. The molecule has 1 spiro atoms. The average Bonchev–Trinajstić information content (AvgIpc) is 3.44. The molecule has 38 heavy (non-hydrogen) atoms. The van der Waals surface area contributed by atoms with E-state index < -0.39 is 58.7 Å². The third-order valence-electron chi connectivity index (χ3n) is 7.70. The van der Waals surface area contributed by atoms with Crippen molar-refractivity contribution in [3.8, 4) is 0 Å². The number of benzene rings is 3. The molecule has 6 nitrogen and oxygen atoms in total. The molecule has 6 rings (SSSR count). The minimum atomic E-state index is -4.71. The summed E-state index contributed by atoms with van der Waals surface area (Å²) in [6.07, 6.45) is -5.85. The number of nitrogens with zero attached hydrogens (tertiary/aromatic N) is 1. The Labute approximate surface area is 215 Å². The fourth-order valence-electron chi connectivity index (χ4n) is 5.84. The number of hydrogen-bond donors (Lipinski definition) is 0. The fourth-order valence-corrected chi connectivity index (χ4v) is 5.84. The van der Waals surface area contributed by atoms with Crippen molar-refractivity contribution in [2.24, 2.45) is 11.8 Å². The van der Waals surface area contributed by atoms with Gasteiger partial charge in [-0.25, -0.2) is 4.90 Å².